The number of rotatable bonds is 6. The molecule has 0 radical (unpaired) electrons. The molecule has 30 heavy (non-hydrogen) atoms. The van der Waals surface area contributed by atoms with Gasteiger partial charge in [-0.1, -0.05) is 5.92 Å². The first-order valence-electron chi connectivity index (χ1n) is 9.23. The van der Waals surface area contributed by atoms with Crippen molar-refractivity contribution in [2.75, 3.05) is 29.9 Å². The fourth-order valence-electron chi connectivity index (χ4n) is 3.09. The van der Waals surface area contributed by atoms with Crippen molar-refractivity contribution in [1.29, 1.82) is 0 Å². The molecule has 7 nitrogen and oxygen atoms in total. The Hall–Kier alpha value is -3.86. The van der Waals surface area contributed by atoms with E-state index in [1.165, 1.54) is 42.2 Å². The number of terminal acetylenes is 1. The smallest absolute Gasteiger partial charge is 0.414 e. The molecule has 0 unspecified atom stereocenters. The third-order valence-corrected chi connectivity index (χ3v) is 4.51. The SMILES string of the molecule is C#CCNc1ccc(=O)ccc1-c1ccc(N2C[C@H](CNC(C)=O)OC2=O)cc1F. The van der Waals surface area contributed by atoms with E-state index >= 15 is 4.39 Å². The van der Waals surface area contributed by atoms with Gasteiger partial charge in [0.25, 0.3) is 0 Å². The fraction of sp³-hybridized carbons (Fsp3) is 0.227. The molecule has 2 amide bonds. The highest BCUT2D eigenvalue weighted by Crippen LogP contribution is 2.32. The van der Waals surface area contributed by atoms with Crippen LogP contribution in [0.2, 0.25) is 0 Å². The Kier molecular flexibility index (Phi) is 6.32. The van der Waals surface area contributed by atoms with Gasteiger partial charge in [0.05, 0.1) is 25.3 Å². The zero-order chi connectivity index (χ0) is 21.7. The van der Waals surface area contributed by atoms with E-state index in [-0.39, 0.29) is 36.5 Å². The summed E-state index contributed by atoms with van der Waals surface area (Å²) >= 11 is 0. The maximum atomic E-state index is 15.0. The van der Waals surface area contributed by atoms with Crippen LogP contribution in [-0.2, 0) is 9.53 Å². The van der Waals surface area contributed by atoms with Gasteiger partial charge in [0.2, 0.25) is 5.91 Å². The maximum absolute atomic E-state index is 15.0. The Morgan fingerprint density at radius 3 is 2.67 bits per heavy atom. The fourth-order valence-corrected chi connectivity index (χ4v) is 3.09. The second-order valence-corrected chi connectivity index (χ2v) is 6.67. The first kappa shape index (κ1) is 20.9. The number of halogens is 1. The van der Waals surface area contributed by atoms with Gasteiger partial charge in [-0.25, -0.2) is 9.18 Å². The predicted octanol–water partition coefficient (Wildman–Crippen LogP) is 2.36. The number of nitrogens with zero attached hydrogens (tertiary/aromatic N) is 1. The molecule has 3 rings (SSSR count). The third kappa shape index (κ3) is 4.75. The van der Waals surface area contributed by atoms with E-state index in [1.807, 2.05) is 0 Å². The molecule has 1 fully saturated rings. The summed E-state index contributed by atoms with van der Waals surface area (Å²) in [4.78, 5) is 36.2. The van der Waals surface area contributed by atoms with Crippen molar-refractivity contribution in [2.24, 2.45) is 0 Å². The normalized spacial score (nSPS) is 15.3. The van der Waals surface area contributed by atoms with Crippen molar-refractivity contribution < 1.29 is 18.7 Å². The van der Waals surface area contributed by atoms with Crippen LogP contribution >= 0.6 is 0 Å². The Morgan fingerprint density at radius 1 is 1.23 bits per heavy atom. The molecule has 2 aromatic rings. The zero-order valence-corrected chi connectivity index (χ0v) is 16.3. The molecule has 0 bridgehead atoms. The van der Waals surface area contributed by atoms with Crippen molar-refractivity contribution in [3.05, 3.63) is 58.5 Å². The molecule has 1 aliphatic heterocycles. The van der Waals surface area contributed by atoms with Crippen molar-refractivity contribution in [3.63, 3.8) is 0 Å². The average Bonchev–Trinajstić information content (AvgIpc) is 2.98. The number of carbonyl (C=O) groups excluding carboxylic acids is 2. The molecular weight excluding hydrogens is 389 g/mol. The van der Waals surface area contributed by atoms with Gasteiger partial charge in [-0.2, -0.15) is 0 Å². The van der Waals surface area contributed by atoms with E-state index < -0.39 is 18.0 Å². The molecule has 2 N–H and O–H groups in total. The summed E-state index contributed by atoms with van der Waals surface area (Å²) < 4.78 is 20.2. The van der Waals surface area contributed by atoms with Gasteiger partial charge in [0.1, 0.15) is 11.9 Å². The van der Waals surface area contributed by atoms with Crippen molar-refractivity contribution >= 4 is 23.4 Å². The minimum absolute atomic E-state index is 0.181. The van der Waals surface area contributed by atoms with Crippen molar-refractivity contribution in [2.45, 2.75) is 13.0 Å². The summed E-state index contributed by atoms with van der Waals surface area (Å²) in [5.41, 5.74) is 1.32. The second kappa shape index (κ2) is 9.09. The van der Waals surface area contributed by atoms with Gasteiger partial charge in [0.15, 0.2) is 5.43 Å². The lowest BCUT2D eigenvalue weighted by atomic mass is 10.0. The number of anilines is 2. The number of hydrogen-bond acceptors (Lipinski definition) is 5. The van der Waals surface area contributed by atoms with Gasteiger partial charge < -0.3 is 15.4 Å². The van der Waals surface area contributed by atoms with Crippen LogP contribution in [0.5, 0.6) is 0 Å². The van der Waals surface area contributed by atoms with E-state index in [9.17, 15) is 14.4 Å². The lowest BCUT2D eigenvalue weighted by Gasteiger charge is -2.15. The van der Waals surface area contributed by atoms with E-state index in [0.717, 1.165) is 0 Å². The van der Waals surface area contributed by atoms with Crippen LogP contribution in [0.4, 0.5) is 20.6 Å². The molecule has 1 atom stereocenters. The van der Waals surface area contributed by atoms with E-state index in [4.69, 9.17) is 11.2 Å². The topological polar surface area (TPSA) is 87.7 Å². The highest BCUT2D eigenvalue weighted by molar-refractivity contribution is 5.90. The Balaban J connectivity index is 1.89. The molecule has 2 aromatic carbocycles. The number of cyclic esters (lactones) is 1. The number of amides is 2. The highest BCUT2D eigenvalue weighted by atomic mass is 19.1. The Morgan fingerprint density at radius 2 is 1.97 bits per heavy atom. The van der Waals surface area contributed by atoms with Crippen LogP contribution in [0.25, 0.3) is 11.1 Å². The minimum Gasteiger partial charge on any atom is -0.442 e. The molecule has 1 heterocycles. The summed E-state index contributed by atoms with van der Waals surface area (Å²) in [6.45, 7) is 1.95. The number of carbonyl (C=O) groups is 2. The monoisotopic (exact) mass is 409 g/mol. The van der Waals surface area contributed by atoms with Crippen molar-refractivity contribution in [1.82, 2.24) is 5.32 Å². The molecule has 0 spiro atoms. The number of ether oxygens (including phenoxy) is 1. The molecule has 1 aliphatic rings. The summed E-state index contributed by atoms with van der Waals surface area (Å²) in [6.07, 6.45) is 4.15. The van der Waals surface area contributed by atoms with Gasteiger partial charge in [0, 0.05) is 23.7 Å². The van der Waals surface area contributed by atoms with Gasteiger partial charge in [-0.15, -0.1) is 6.42 Å². The average molecular weight is 409 g/mol. The lowest BCUT2D eigenvalue weighted by Crippen LogP contribution is -2.33. The zero-order valence-electron chi connectivity index (χ0n) is 16.3. The van der Waals surface area contributed by atoms with E-state index in [1.54, 1.807) is 12.1 Å². The standard InChI is InChI=1S/C22H20FN3O4/c1-3-10-24-21-9-6-16(28)5-8-19(21)18-7-4-15(11-20(18)23)26-13-17(30-22(26)29)12-25-14(2)27/h1,4-9,11,17,24H,10,12-13H2,2H3,(H,25,27)/t17-/m0/s1. The first-order chi connectivity index (χ1) is 14.4. The van der Waals surface area contributed by atoms with Gasteiger partial charge in [-0.3, -0.25) is 14.5 Å². The van der Waals surface area contributed by atoms with E-state index in [2.05, 4.69) is 16.6 Å². The number of hydrogen-bond donors (Lipinski definition) is 2. The quantitative estimate of drug-likeness (QED) is 0.716. The Labute approximate surface area is 172 Å². The molecule has 1 saturated heterocycles. The van der Waals surface area contributed by atoms with Crippen LogP contribution in [0, 0.1) is 18.2 Å². The summed E-state index contributed by atoms with van der Waals surface area (Å²) in [6, 6.07) is 10.1. The predicted molar refractivity (Wildman–Crippen MR) is 112 cm³/mol. The van der Waals surface area contributed by atoms with Gasteiger partial charge in [-0.05, 0) is 42.5 Å². The Bertz CT molecular complexity index is 1080. The van der Waals surface area contributed by atoms with Gasteiger partial charge >= 0.3 is 6.09 Å². The summed E-state index contributed by atoms with van der Waals surface area (Å²) in [5.74, 6) is 1.63. The van der Waals surface area contributed by atoms with Crippen LogP contribution in [0.3, 0.4) is 0 Å². The van der Waals surface area contributed by atoms with Crippen LogP contribution in [-0.4, -0.2) is 37.7 Å². The molecule has 154 valence electrons. The number of nitrogens with one attached hydrogen (secondary N) is 2. The minimum atomic E-state index is -0.615. The molecule has 0 saturated carbocycles. The number of benzene rings is 1. The first-order valence-corrected chi connectivity index (χ1v) is 9.23. The molecule has 0 aliphatic carbocycles. The molecular formula is C22H20FN3O4. The van der Waals surface area contributed by atoms with E-state index in [0.29, 0.717) is 16.9 Å². The summed E-state index contributed by atoms with van der Waals surface area (Å²) in [7, 11) is 0. The van der Waals surface area contributed by atoms with Crippen LogP contribution in [0.1, 0.15) is 6.92 Å². The maximum Gasteiger partial charge on any atom is 0.414 e. The largest absolute Gasteiger partial charge is 0.442 e. The highest BCUT2D eigenvalue weighted by Gasteiger charge is 2.32. The molecule has 0 aromatic heterocycles. The summed E-state index contributed by atoms with van der Waals surface area (Å²) in [5, 5.41) is 5.57. The second-order valence-electron chi connectivity index (χ2n) is 6.67. The van der Waals surface area contributed by atoms with Crippen LogP contribution in [0.15, 0.2) is 47.3 Å². The third-order valence-electron chi connectivity index (χ3n) is 4.51. The van der Waals surface area contributed by atoms with Crippen molar-refractivity contribution in [3.8, 4) is 23.5 Å². The lowest BCUT2D eigenvalue weighted by molar-refractivity contribution is -0.119. The van der Waals surface area contributed by atoms with Crippen LogP contribution < -0.4 is 21.0 Å². The molecule has 8 heteroatoms.